The molecule has 0 atom stereocenters. The molecule has 1 aromatic heterocycles. The zero-order chi connectivity index (χ0) is 20.5. The van der Waals surface area contributed by atoms with Crippen molar-refractivity contribution in [2.75, 3.05) is 20.7 Å². The van der Waals surface area contributed by atoms with E-state index in [0.717, 1.165) is 17.1 Å². The Labute approximate surface area is 168 Å². The van der Waals surface area contributed by atoms with Crippen LogP contribution in [0.3, 0.4) is 0 Å². The number of hydrogen-bond donors (Lipinski definition) is 2. The Morgan fingerprint density at radius 3 is 2.68 bits per heavy atom. The summed E-state index contributed by atoms with van der Waals surface area (Å²) in [6.45, 7) is 2.26. The van der Waals surface area contributed by atoms with Gasteiger partial charge >= 0.3 is 6.61 Å². The summed E-state index contributed by atoms with van der Waals surface area (Å²) in [5, 5.41) is 9.49. The highest BCUT2D eigenvalue weighted by Crippen LogP contribution is 2.25. The Hall–Kier alpha value is -2.42. The Bertz CT molecular complexity index is 781. The van der Waals surface area contributed by atoms with Crippen LogP contribution in [0.5, 0.6) is 11.5 Å². The van der Waals surface area contributed by atoms with Gasteiger partial charge in [0, 0.05) is 43.4 Å². The van der Waals surface area contributed by atoms with Crippen molar-refractivity contribution in [1.82, 2.24) is 15.6 Å². The number of ether oxygens (including phenoxy) is 2. The number of aliphatic imine (C=N–C) groups is 1. The van der Waals surface area contributed by atoms with Gasteiger partial charge in [-0.15, -0.1) is 11.3 Å². The van der Waals surface area contributed by atoms with E-state index in [1.54, 1.807) is 30.5 Å². The van der Waals surface area contributed by atoms with Gasteiger partial charge in [0.05, 0.1) is 17.8 Å². The first kappa shape index (κ1) is 21.9. The molecule has 0 fully saturated rings. The normalized spacial score (nSPS) is 11.8. The molecule has 0 saturated carbocycles. The van der Waals surface area contributed by atoms with Gasteiger partial charge in [0.25, 0.3) is 0 Å². The average molecular weight is 413 g/mol. The van der Waals surface area contributed by atoms with E-state index in [1.165, 1.54) is 13.2 Å². The van der Waals surface area contributed by atoms with Crippen LogP contribution >= 0.6 is 11.3 Å². The highest BCUT2D eigenvalue weighted by molar-refractivity contribution is 7.09. The number of methoxy groups -OCH3 is 1. The maximum Gasteiger partial charge on any atom is 0.387 e. The summed E-state index contributed by atoms with van der Waals surface area (Å²) in [4.78, 5) is 8.76. The molecule has 0 aliphatic rings. The van der Waals surface area contributed by atoms with Gasteiger partial charge < -0.3 is 20.1 Å². The lowest BCUT2D eigenvalue weighted by atomic mass is 10.2. The van der Waals surface area contributed by atoms with Crippen molar-refractivity contribution in [3.8, 4) is 11.5 Å². The highest BCUT2D eigenvalue weighted by atomic mass is 32.1. The number of halogens is 2. The van der Waals surface area contributed by atoms with Crippen molar-refractivity contribution in [2.45, 2.75) is 39.3 Å². The van der Waals surface area contributed by atoms with Crippen molar-refractivity contribution in [2.24, 2.45) is 4.99 Å². The minimum Gasteiger partial charge on any atom is -0.497 e. The molecule has 0 spiro atoms. The molecule has 0 saturated heterocycles. The van der Waals surface area contributed by atoms with Crippen LogP contribution in [0.25, 0.3) is 0 Å². The van der Waals surface area contributed by atoms with Gasteiger partial charge in [0.15, 0.2) is 5.96 Å². The topological polar surface area (TPSA) is 67.8 Å². The Kier molecular flexibility index (Phi) is 8.43. The number of aromatic nitrogens is 1. The van der Waals surface area contributed by atoms with Gasteiger partial charge in [-0.2, -0.15) is 8.78 Å². The first-order valence-electron chi connectivity index (χ1n) is 8.93. The summed E-state index contributed by atoms with van der Waals surface area (Å²) < 4.78 is 35.0. The molecule has 0 unspecified atom stereocenters. The smallest absolute Gasteiger partial charge is 0.387 e. The largest absolute Gasteiger partial charge is 0.497 e. The second-order valence-electron chi connectivity index (χ2n) is 6.29. The molecule has 0 aliphatic carbocycles. The fraction of sp³-hybridized carbons (Fsp3) is 0.474. The molecule has 6 nitrogen and oxygen atoms in total. The van der Waals surface area contributed by atoms with Crippen LogP contribution in [0.4, 0.5) is 8.78 Å². The molecule has 2 rings (SSSR count). The Morgan fingerprint density at radius 2 is 2.07 bits per heavy atom. The summed E-state index contributed by atoms with van der Waals surface area (Å²) in [5.41, 5.74) is 1.58. The quantitative estimate of drug-likeness (QED) is 0.485. The van der Waals surface area contributed by atoms with Gasteiger partial charge in [0.2, 0.25) is 0 Å². The average Bonchev–Trinajstić information content (AvgIpc) is 3.14. The van der Waals surface area contributed by atoms with Gasteiger partial charge in [-0.3, -0.25) is 4.99 Å². The zero-order valence-corrected chi connectivity index (χ0v) is 17.3. The fourth-order valence-corrected chi connectivity index (χ4v) is 3.31. The molecular formula is C19H26F2N4O2S. The molecular weight excluding hydrogens is 386 g/mol. The maximum absolute atomic E-state index is 12.6. The molecule has 0 amide bonds. The third kappa shape index (κ3) is 6.63. The number of hydrogen-bond acceptors (Lipinski definition) is 5. The van der Waals surface area contributed by atoms with Gasteiger partial charge in [0.1, 0.15) is 11.5 Å². The van der Waals surface area contributed by atoms with Crippen LogP contribution in [0.2, 0.25) is 0 Å². The van der Waals surface area contributed by atoms with E-state index < -0.39 is 6.61 Å². The van der Waals surface area contributed by atoms with Gasteiger partial charge in [-0.1, -0.05) is 13.8 Å². The lowest BCUT2D eigenvalue weighted by molar-refractivity contribution is -0.0504. The molecule has 0 bridgehead atoms. The van der Waals surface area contributed by atoms with E-state index in [9.17, 15) is 8.78 Å². The van der Waals surface area contributed by atoms with Crippen LogP contribution in [-0.4, -0.2) is 38.3 Å². The number of benzene rings is 1. The Balaban J connectivity index is 1.90. The predicted octanol–water partition coefficient (Wildman–Crippen LogP) is 3.78. The SMILES string of the molecule is CN=C(NCCc1csc(C(C)C)n1)NCc1cc(OC)ccc1OC(F)F. The van der Waals surface area contributed by atoms with Crippen LogP contribution < -0.4 is 20.1 Å². The first-order chi connectivity index (χ1) is 13.4. The van der Waals surface area contributed by atoms with Crippen molar-refractivity contribution in [3.05, 3.63) is 39.8 Å². The lowest BCUT2D eigenvalue weighted by Crippen LogP contribution is -2.38. The molecule has 2 aromatic rings. The van der Waals surface area contributed by atoms with E-state index in [1.807, 2.05) is 0 Å². The first-order valence-corrected chi connectivity index (χ1v) is 9.81. The third-order valence-corrected chi connectivity index (χ3v) is 5.08. The van der Waals surface area contributed by atoms with E-state index in [-0.39, 0.29) is 12.3 Å². The lowest BCUT2D eigenvalue weighted by Gasteiger charge is -2.15. The summed E-state index contributed by atoms with van der Waals surface area (Å²) >= 11 is 1.67. The molecule has 1 aromatic carbocycles. The van der Waals surface area contributed by atoms with Gasteiger partial charge in [-0.05, 0) is 18.2 Å². The molecule has 28 heavy (non-hydrogen) atoms. The minimum absolute atomic E-state index is 0.0995. The van der Waals surface area contributed by atoms with Crippen molar-refractivity contribution >= 4 is 17.3 Å². The number of nitrogens with zero attached hydrogens (tertiary/aromatic N) is 2. The van der Waals surface area contributed by atoms with E-state index in [4.69, 9.17) is 4.74 Å². The van der Waals surface area contributed by atoms with E-state index in [0.29, 0.717) is 29.7 Å². The van der Waals surface area contributed by atoms with Crippen molar-refractivity contribution < 1.29 is 18.3 Å². The summed E-state index contributed by atoms with van der Waals surface area (Å²) in [6, 6.07) is 4.70. The van der Waals surface area contributed by atoms with Crippen LogP contribution in [0, 0.1) is 0 Å². The monoisotopic (exact) mass is 412 g/mol. The van der Waals surface area contributed by atoms with Gasteiger partial charge in [-0.25, -0.2) is 4.98 Å². The molecule has 1 heterocycles. The third-order valence-electron chi connectivity index (χ3n) is 3.89. The number of thiazole rings is 1. The molecule has 154 valence electrons. The van der Waals surface area contributed by atoms with Crippen molar-refractivity contribution in [3.63, 3.8) is 0 Å². The minimum atomic E-state index is -2.89. The number of guanidine groups is 1. The summed E-state index contributed by atoms with van der Waals surface area (Å²) in [5.74, 6) is 1.65. The van der Waals surface area contributed by atoms with Crippen LogP contribution in [0.15, 0.2) is 28.6 Å². The maximum atomic E-state index is 12.6. The standard InChI is InChI=1S/C19H26F2N4O2S/c1-12(2)17-25-14(11-28-17)7-8-23-19(22-3)24-10-13-9-15(26-4)5-6-16(13)27-18(20)21/h5-6,9,11-12,18H,7-8,10H2,1-4H3,(H2,22,23,24). The number of nitrogens with one attached hydrogen (secondary N) is 2. The number of rotatable bonds is 9. The summed E-state index contributed by atoms with van der Waals surface area (Å²) in [6.07, 6.45) is 0.767. The van der Waals surface area contributed by atoms with E-state index in [2.05, 4.69) is 44.6 Å². The zero-order valence-electron chi connectivity index (χ0n) is 16.5. The second-order valence-corrected chi connectivity index (χ2v) is 7.18. The predicted molar refractivity (Wildman–Crippen MR) is 108 cm³/mol. The summed E-state index contributed by atoms with van der Waals surface area (Å²) in [7, 11) is 3.17. The van der Waals surface area contributed by atoms with Crippen LogP contribution in [0.1, 0.15) is 36.0 Å². The van der Waals surface area contributed by atoms with E-state index >= 15 is 0 Å². The van der Waals surface area contributed by atoms with Crippen molar-refractivity contribution in [1.29, 1.82) is 0 Å². The molecule has 0 aliphatic heterocycles. The molecule has 2 N–H and O–H groups in total. The fourth-order valence-electron chi connectivity index (χ4n) is 2.44. The Morgan fingerprint density at radius 1 is 1.29 bits per heavy atom. The molecule has 0 radical (unpaired) electrons. The molecule has 9 heteroatoms. The van der Waals surface area contributed by atoms with Crippen LogP contribution in [-0.2, 0) is 13.0 Å². The highest BCUT2D eigenvalue weighted by Gasteiger charge is 2.12. The second kappa shape index (κ2) is 10.8. The number of alkyl halides is 2.